The molecule has 0 aliphatic carbocycles. The predicted molar refractivity (Wildman–Crippen MR) is 115 cm³/mol. The molecule has 4 rings (SSSR count). The second-order valence-corrected chi connectivity index (χ2v) is 7.70. The van der Waals surface area contributed by atoms with Crippen molar-refractivity contribution in [3.8, 4) is 11.5 Å². The molecule has 1 atom stereocenters. The number of nitro groups is 1. The summed E-state index contributed by atoms with van der Waals surface area (Å²) < 4.78 is 13.9. The summed E-state index contributed by atoms with van der Waals surface area (Å²) in [4.78, 5) is 26.5. The van der Waals surface area contributed by atoms with E-state index in [-0.39, 0.29) is 30.7 Å². The van der Waals surface area contributed by atoms with Gasteiger partial charge in [-0.1, -0.05) is 0 Å². The molecular formula is C19H16IN5O5. The first kappa shape index (κ1) is 20.1. The Balaban J connectivity index is 1.59. The van der Waals surface area contributed by atoms with Gasteiger partial charge < -0.3 is 9.47 Å². The number of methoxy groups -OCH3 is 1. The minimum absolute atomic E-state index is 0.0271. The van der Waals surface area contributed by atoms with E-state index in [4.69, 9.17) is 9.47 Å². The summed E-state index contributed by atoms with van der Waals surface area (Å²) >= 11 is 2.15. The molecule has 0 saturated carbocycles. The summed E-state index contributed by atoms with van der Waals surface area (Å²) in [7, 11) is 1.54. The number of nitrogens with zero attached hydrogens (tertiary/aromatic N) is 4. The molecule has 1 amide bonds. The minimum Gasteiger partial charge on any atom is -0.493 e. The average molecular weight is 521 g/mol. The van der Waals surface area contributed by atoms with Gasteiger partial charge in [-0.25, -0.2) is 4.68 Å². The fourth-order valence-electron chi connectivity index (χ4n) is 3.21. The molecule has 30 heavy (non-hydrogen) atoms. The van der Waals surface area contributed by atoms with E-state index in [9.17, 15) is 14.9 Å². The Morgan fingerprint density at radius 1 is 1.33 bits per heavy atom. The summed E-state index contributed by atoms with van der Waals surface area (Å²) in [6.07, 6.45) is 1.64. The average Bonchev–Trinajstić information content (AvgIpc) is 3.20. The van der Waals surface area contributed by atoms with Crippen molar-refractivity contribution in [2.24, 2.45) is 0 Å². The van der Waals surface area contributed by atoms with Crippen LogP contribution >= 0.6 is 22.6 Å². The molecule has 154 valence electrons. The van der Waals surface area contributed by atoms with Crippen molar-refractivity contribution in [1.29, 1.82) is 0 Å². The highest BCUT2D eigenvalue weighted by Crippen LogP contribution is 2.39. The summed E-state index contributed by atoms with van der Waals surface area (Å²) in [5.74, 6) is 1.35. The number of fused-ring (bicyclic) bond motifs is 1. The maximum Gasteiger partial charge on any atom is 0.269 e. The van der Waals surface area contributed by atoms with Crippen LogP contribution in [0.1, 0.15) is 23.6 Å². The monoisotopic (exact) mass is 521 g/mol. The predicted octanol–water partition coefficient (Wildman–Crippen LogP) is 3.31. The Bertz CT molecular complexity index is 1120. The van der Waals surface area contributed by atoms with Crippen molar-refractivity contribution in [3.63, 3.8) is 0 Å². The van der Waals surface area contributed by atoms with Crippen LogP contribution in [0.3, 0.4) is 0 Å². The van der Waals surface area contributed by atoms with Gasteiger partial charge in [-0.3, -0.25) is 20.2 Å². The van der Waals surface area contributed by atoms with Crippen molar-refractivity contribution >= 4 is 40.1 Å². The van der Waals surface area contributed by atoms with Gasteiger partial charge in [0.2, 0.25) is 11.9 Å². The van der Waals surface area contributed by atoms with E-state index < -0.39 is 4.92 Å². The Morgan fingerprint density at radius 2 is 2.10 bits per heavy atom. The van der Waals surface area contributed by atoms with Crippen LogP contribution in [0.2, 0.25) is 0 Å². The molecule has 10 nitrogen and oxygen atoms in total. The lowest BCUT2D eigenvalue weighted by Gasteiger charge is -2.25. The number of nitrogens with one attached hydrogen (secondary N) is 1. The van der Waals surface area contributed by atoms with E-state index in [1.165, 1.54) is 18.5 Å². The van der Waals surface area contributed by atoms with Gasteiger partial charge in [0.15, 0.2) is 11.5 Å². The van der Waals surface area contributed by atoms with Gasteiger partial charge in [-0.05, 0) is 58.0 Å². The Labute approximate surface area is 184 Å². The molecule has 1 aliphatic rings. The van der Waals surface area contributed by atoms with Crippen molar-refractivity contribution in [2.45, 2.75) is 19.1 Å². The van der Waals surface area contributed by atoms with E-state index in [0.29, 0.717) is 17.4 Å². The van der Waals surface area contributed by atoms with Crippen molar-refractivity contribution in [3.05, 3.63) is 67.5 Å². The van der Waals surface area contributed by atoms with Gasteiger partial charge in [-0.15, -0.1) is 0 Å². The normalized spacial score (nSPS) is 15.3. The van der Waals surface area contributed by atoms with Crippen LogP contribution in [0.25, 0.3) is 0 Å². The molecule has 0 saturated heterocycles. The highest BCUT2D eigenvalue weighted by molar-refractivity contribution is 14.1. The number of halogens is 1. The van der Waals surface area contributed by atoms with E-state index in [1.54, 1.807) is 23.9 Å². The van der Waals surface area contributed by atoms with Crippen molar-refractivity contribution in [2.75, 3.05) is 12.4 Å². The molecule has 1 N–H and O–H groups in total. The molecule has 11 heteroatoms. The zero-order valence-electron chi connectivity index (χ0n) is 15.7. The van der Waals surface area contributed by atoms with Crippen LogP contribution in [0, 0.1) is 13.7 Å². The van der Waals surface area contributed by atoms with E-state index in [0.717, 1.165) is 14.7 Å². The molecule has 2 heterocycles. The van der Waals surface area contributed by atoms with Gasteiger partial charge in [0, 0.05) is 12.1 Å². The molecule has 0 fully saturated rings. The second-order valence-electron chi connectivity index (χ2n) is 6.54. The second kappa shape index (κ2) is 8.26. The number of benzene rings is 2. The van der Waals surface area contributed by atoms with E-state index >= 15 is 0 Å². The smallest absolute Gasteiger partial charge is 0.269 e. The number of anilines is 1. The number of carbonyl (C=O) groups is 1. The molecule has 0 unspecified atom stereocenters. The molecule has 2 aromatic carbocycles. The Morgan fingerprint density at radius 3 is 2.80 bits per heavy atom. The number of aromatic nitrogens is 3. The minimum atomic E-state index is -0.443. The number of ether oxygens (including phenoxy) is 2. The highest BCUT2D eigenvalue weighted by atomic mass is 127. The van der Waals surface area contributed by atoms with Gasteiger partial charge in [0.05, 0.1) is 28.1 Å². The number of carbonyl (C=O) groups excluding carboxylic acids is 1. The Hall–Kier alpha value is -3.22. The molecule has 1 aromatic heterocycles. The number of non-ortho nitro benzene ring substituents is 1. The third kappa shape index (κ3) is 3.92. The number of amides is 1. The van der Waals surface area contributed by atoms with Crippen LogP contribution in [0.15, 0.2) is 42.7 Å². The van der Waals surface area contributed by atoms with Crippen LogP contribution in [-0.4, -0.2) is 32.7 Å². The lowest BCUT2D eigenvalue weighted by atomic mass is 10.0. The van der Waals surface area contributed by atoms with Crippen LogP contribution in [0.5, 0.6) is 11.5 Å². The number of hydrogen-bond donors (Lipinski definition) is 1. The van der Waals surface area contributed by atoms with Crippen molar-refractivity contribution < 1.29 is 19.2 Å². The summed E-state index contributed by atoms with van der Waals surface area (Å²) in [6, 6.07) is 9.62. The maximum atomic E-state index is 12.0. The molecule has 0 spiro atoms. The lowest BCUT2D eigenvalue weighted by Crippen LogP contribution is -2.29. The van der Waals surface area contributed by atoms with E-state index in [1.807, 2.05) is 12.1 Å². The maximum absolute atomic E-state index is 12.0. The molecule has 1 aliphatic heterocycles. The third-order valence-corrected chi connectivity index (χ3v) is 5.47. The van der Waals surface area contributed by atoms with E-state index in [2.05, 4.69) is 38.0 Å². The molecular weight excluding hydrogens is 505 g/mol. The first-order valence-electron chi connectivity index (χ1n) is 8.89. The fourth-order valence-corrected chi connectivity index (χ4v) is 3.99. The van der Waals surface area contributed by atoms with Gasteiger partial charge in [0.1, 0.15) is 12.9 Å². The van der Waals surface area contributed by atoms with Gasteiger partial charge in [0.25, 0.3) is 5.69 Å². The summed E-state index contributed by atoms with van der Waals surface area (Å²) in [5, 5.41) is 17.7. The van der Waals surface area contributed by atoms with Gasteiger partial charge in [-0.2, -0.15) is 10.1 Å². The summed E-state index contributed by atoms with van der Waals surface area (Å²) in [6.45, 7) is 0.225. The lowest BCUT2D eigenvalue weighted by molar-refractivity contribution is -0.384. The van der Waals surface area contributed by atoms with Crippen LogP contribution in [-0.2, 0) is 11.4 Å². The number of hydrogen-bond acceptors (Lipinski definition) is 7. The standard InChI is InChI=1S/C19H16IN5O5/c1-29-16-7-12(15-8-17(26)23-19-21-10-22-24(15)19)6-14(20)18(16)30-9-11-2-4-13(5-3-11)25(27)28/h2-7,10,15H,8-9H2,1H3,(H,21,22,23,26)/t15-/m1/s1. The first-order valence-corrected chi connectivity index (χ1v) is 9.97. The van der Waals surface area contributed by atoms with Gasteiger partial charge >= 0.3 is 0 Å². The summed E-state index contributed by atoms with van der Waals surface area (Å²) in [5.41, 5.74) is 1.67. The SMILES string of the molecule is COc1cc([C@H]2CC(=O)Nc3ncnn32)cc(I)c1OCc1ccc([N+](=O)[O-])cc1. The highest BCUT2D eigenvalue weighted by Gasteiger charge is 2.29. The van der Waals surface area contributed by atoms with Crippen LogP contribution in [0.4, 0.5) is 11.6 Å². The quantitative estimate of drug-likeness (QED) is 0.300. The first-order chi connectivity index (χ1) is 14.5. The largest absolute Gasteiger partial charge is 0.493 e. The Kier molecular flexibility index (Phi) is 5.53. The van der Waals surface area contributed by atoms with Crippen molar-refractivity contribution in [1.82, 2.24) is 14.8 Å². The third-order valence-electron chi connectivity index (χ3n) is 4.67. The molecule has 3 aromatic rings. The zero-order valence-corrected chi connectivity index (χ0v) is 17.9. The van der Waals surface area contributed by atoms with Crippen LogP contribution < -0.4 is 14.8 Å². The molecule has 0 radical (unpaired) electrons. The topological polar surface area (TPSA) is 121 Å². The fraction of sp³-hybridized carbons (Fsp3) is 0.211. The zero-order chi connectivity index (χ0) is 21.3. The number of nitro benzene ring substituents is 1. The molecule has 0 bridgehead atoms. The number of rotatable bonds is 6.